The molecule has 20 heavy (non-hydrogen) atoms. The minimum absolute atomic E-state index is 0.0958. The van der Waals surface area contributed by atoms with Crippen LogP contribution in [0.4, 0.5) is 0 Å². The van der Waals surface area contributed by atoms with E-state index >= 15 is 0 Å². The summed E-state index contributed by atoms with van der Waals surface area (Å²) in [4.78, 5) is 0.0958. The van der Waals surface area contributed by atoms with Crippen LogP contribution >= 0.6 is 10.7 Å². The Morgan fingerprint density at radius 3 is 2.35 bits per heavy atom. The summed E-state index contributed by atoms with van der Waals surface area (Å²) in [5.74, 6) is 0. The summed E-state index contributed by atoms with van der Waals surface area (Å²) in [6.45, 7) is 8.49. The third-order valence-electron chi connectivity index (χ3n) is 3.16. The van der Waals surface area contributed by atoms with Gasteiger partial charge in [-0.1, -0.05) is 0 Å². The first-order valence-corrected chi connectivity index (χ1v) is 8.57. The molecule has 0 amide bonds. The molecule has 2 aromatic rings. The van der Waals surface area contributed by atoms with Crippen molar-refractivity contribution >= 4 is 19.7 Å². The van der Waals surface area contributed by atoms with E-state index in [1.54, 1.807) is 18.5 Å². The first-order chi connectivity index (χ1) is 9.24. The topological polar surface area (TPSA) is 69.8 Å². The van der Waals surface area contributed by atoms with Crippen LogP contribution in [0.5, 0.6) is 0 Å². The molecule has 0 saturated carbocycles. The van der Waals surface area contributed by atoms with Crippen LogP contribution in [0.3, 0.4) is 0 Å². The van der Waals surface area contributed by atoms with Crippen LogP contribution < -0.4 is 0 Å². The molecule has 0 aromatic carbocycles. The van der Waals surface area contributed by atoms with Gasteiger partial charge in [-0.15, -0.1) is 0 Å². The number of nitrogens with zero attached hydrogens (tertiary/aromatic N) is 4. The predicted octanol–water partition coefficient (Wildman–Crippen LogP) is 2.00. The lowest BCUT2D eigenvalue weighted by Crippen LogP contribution is -2.10. The summed E-state index contributed by atoms with van der Waals surface area (Å²) in [5.41, 5.74) is 2.86. The number of aromatic nitrogens is 4. The molecule has 0 bridgehead atoms. The number of halogens is 1. The Balaban J connectivity index is 2.45. The maximum absolute atomic E-state index is 11.6. The van der Waals surface area contributed by atoms with E-state index in [0.717, 1.165) is 17.9 Å². The Bertz CT molecular complexity index is 746. The van der Waals surface area contributed by atoms with Gasteiger partial charge in [0.05, 0.1) is 29.3 Å². The zero-order chi connectivity index (χ0) is 15.1. The van der Waals surface area contributed by atoms with Gasteiger partial charge < -0.3 is 0 Å². The molecule has 0 spiro atoms. The Hall–Kier alpha value is -1.34. The van der Waals surface area contributed by atoms with Crippen molar-refractivity contribution in [2.24, 2.45) is 0 Å². The molecule has 0 saturated heterocycles. The second kappa shape index (κ2) is 5.21. The van der Waals surface area contributed by atoms with Gasteiger partial charge in [-0.2, -0.15) is 10.2 Å². The fraction of sp³-hybridized carbons (Fsp3) is 0.500. The lowest BCUT2D eigenvalue weighted by Gasteiger charge is -2.06. The van der Waals surface area contributed by atoms with Crippen molar-refractivity contribution in [2.45, 2.75) is 45.7 Å². The van der Waals surface area contributed by atoms with Gasteiger partial charge in [0, 0.05) is 17.2 Å². The van der Waals surface area contributed by atoms with Crippen LogP contribution in [0, 0.1) is 20.8 Å². The first-order valence-electron chi connectivity index (χ1n) is 6.26. The van der Waals surface area contributed by atoms with Gasteiger partial charge in [0.15, 0.2) is 0 Å². The third kappa shape index (κ3) is 2.73. The van der Waals surface area contributed by atoms with Crippen molar-refractivity contribution in [1.29, 1.82) is 0 Å². The molecular weight excluding hydrogens is 300 g/mol. The Labute approximate surface area is 122 Å². The molecule has 0 aliphatic rings. The third-order valence-corrected chi connectivity index (χ3v) is 4.70. The normalized spacial score (nSPS) is 12.1. The van der Waals surface area contributed by atoms with Gasteiger partial charge in [-0.05, 0) is 33.8 Å². The van der Waals surface area contributed by atoms with E-state index in [0.29, 0.717) is 17.9 Å². The highest BCUT2D eigenvalue weighted by Gasteiger charge is 2.22. The first kappa shape index (κ1) is 15.1. The second-order valence-electron chi connectivity index (χ2n) is 4.69. The number of hydrogen-bond acceptors (Lipinski definition) is 4. The molecule has 0 radical (unpaired) electrons. The fourth-order valence-electron chi connectivity index (χ4n) is 2.34. The van der Waals surface area contributed by atoms with Crippen LogP contribution in [0.1, 0.15) is 29.7 Å². The van der Waals surface area contributed by atoms with Crippen molar-refractivity contribution in [3.05, 3.63) is 28.8 Å². The van der Waals surface area contributed by atoms with Crippen LogP contribution in [0.25, 0.3) is 0 Å². The van der Waals surface area contributed by atoms with E-state index in [2.05, 4.69) is 10.2 Å². The SMILES string of the molecule is CCn1nc(C)cc1Cn1nc(C)c(S(=O)(=O)Cl)c1C. The minimum Gasteiger partial charge on any atom is -0.268 e. The van der Waals surface area contributed by atoms with Crippen molar-refractivity contribution in [2.75, 3.05) is 0 Å². The smallest absolute Gasteiger partial charge is 0.264 e. The molecule has 2 aromatic heterocycles. The predicted molar refractivity (Wildman–Crippen MR) is 76.5 cm³/mol. The lowest BCUT2D eigenvalue weighted by molar-refractivity contribution is 0.565. The molecular formula is C12H17ClN4O2S. The largest absolute Gasteiger partial charge is 0.268 e. The second-order valence-corrected chi connectivity index (χ2v) is 7.19. The molecule has 0 aliphatic heterocycles. The van der Waals surface area contributed by atoms with Crippen LogP contribution in [-0.4, -0.2) is 28.0 Å². The summed E-state index contributed by atoms with van der Waals surface area (Å²) < 4.78 is 26.6. The van der Waals surface area contributed by atoms with Crippen LogP contribution in [-0.2, 0) is 22.1 Å². The summed E-state index contributed by atoms with van der Waals surface area (Å²) >= 11 is 0. The monoisotopic (exact) mass is 316 g/mol. The molecule has 8 heteroatoms. The summed E-state index contributed by atoms with van der Waals surface area (Å²) in [5, 5.41) is 8.63. The highest BCUT2D eigenvalue weighted by molar-refractivity contribution is 8.13. The van der Waals surface area contributed by atoms with Gasteiger partial charge in [0.25, 0.3) is 9.05 Å². The minimum atomic E-state index is -3.78. The van der Waals surface area contributed by atoms with Crippen molar-refractivity contribution in [1.82, 2.24) is 19.6 Å². The van der Waals surface area contributed by atoms with Crippen LogP contribution in [0.2, 0.25) is 0 Å². The zero-order valence-electron chi connectivity index (χ0n) is 11.9. The molecule has 2 heterocycles. The number of aryl methyl sites for hydroxylation is 3. The van der Waals surface area contributed by atoms with Crippen molar-refractivity contribution < 1.29 is 8.42 Å². The highest BCUT2D eigenvalue weighted by Crippen LogP contribution is 2.23. The van der Waals surface area contributed by atoms with Crippen LogP contribution in [0.15, 0.2) is 11.0 Å². The molecule has 0 aliphatic carbocycles. The van der Waals surface area contributed by atoms with E-state index in [1.165, 1.54) is 0 Å². The average molecular weight is 317 g/mol. The van der Waals surface area contributed by atoms with E-state index in [9.17, 15) is 8.42 Å². The summed E-state index contributed by atoms with van der Waals surface area (Å²) in [7, 11) is 1.67. The molecule has 110 valence electrons. The quantitative estimate of drug-likeness (QED) is 0.809. The Kier molecular flexibility index (Phi) is 3.93. The van der Waals surface area contributed by atoms with Gasteiger partial charge in [-0.3, -0.25) is 9.36 Å². The summed E-state index contributed by atoms with van der Waals surface area (Å²) in [6, 6.07) is 1.97. The lowest BCUT2D eigenvalue weighted by atomic mass is 10.3. The molecule has 0 unspecified atom stereocenters. The van der Waals surface area contributed by atoms with E-state index in [4.69, 9.17) is 10.7 Å². The maximum atomic E-state index is 11.6. The molecule has 2 rings (SSSR count). The van der Waals surface area contributed by atoms with E-state index in [1.807, 2.05) is 24.6 Å². The number of hydrogen-bond donors (Lipinski definition) is 0. The van der Waals surface area contributed by atoms with Crippen molar-refractivity contribution in [3.8, 4) is 0 Å². The zero-order valence-corrected chi connectivity index (χ0v) is 13.5. The standard InChI is InChI=1S/C12H17ClN4O2S/c1-5-16-11(6-8(2)14-16)7-17-10(4)12(9(3)15-17)20(13,18)19/h6H,5,7H2,1-4H3. The molecule has 0 atom stereocenters. The number of rotatable bonds is 4. The maximum Gasteiger partial charge on any atom is 0.264 e. The van der Waals surface area contributed by atoms with Gasteiger partial charge in [0.1, 0.15) is 4.90 Å². The van der Waals surface area contributed by atoms with Gasteiger partial charge in [0.2, 0.25) is 0 Å². The van der Waals surface area contributed by atoms with Crippen molar-refractivity contribution in [3.63, 3.8) is 0 Å². The molecule has 0 fully saturated rings. The van der Waals surface area contributed by atoms with E-state index < -0.39 is 9.05 Å². The highest BCUT2D eigenvalue weighted by atomic mass is 35.7. The fourth-order valence-corrected chi connectivity index (χ4v) is 3.86. The Morgan fingerprint density at radius 1 is 1.20 bits per heavy atom. The van der Waals surface area contributed by atoms with Gasteiger partial charge in [-0.25, -0.2) is 8.42 Å². The molecule has 6 nitrogen and oxygen atoms in total. The van der Waals surface area contributed by atoms with E-state index in [-0.39, 0.29) is 4.90 Å². The summed E-state index contributed by atoms with van der Waals surface area (Å²) in [6.07, 6.45) is 0. The average Bonchev–Trinajstić information content (AvgIpc) is 2.79. The van der Waals surface area contributed by atoms with Gasteiger partial charge >= 0.3 is 0 Å². The molecule has 0 N–H and O–H groups in total. The Morgan fingerprint density at radius 2 is 1.85 bits per heavy atom.